The molecule has 1 aromatic rings. The Morgan fingerprint density at radius 1 is 0.947 bits per heavy atom. The average Bonchev–Trinajstić information content (AvgIpc) is 2.42. The molecule has 0 N–H and O–H groups in total. The van der Waals surface area contributed by atoms with Crippen LogP contribution in [0.5, 0.6) is 0 Å². The molecule has 2 heterocycles. The first-order chi connectivity index (χ1) is 9.31. The first-order valence-electron chi connectivity index (χ1n) is 7.85. The lowest BCUT2D eigenvalue weighted by atomic mass is 9.98. The minimum atomic E-state index is 0.947. The fourth-order valence-electron chi connectivity index (χ4n) is 3.00. The van der Waals surface area contributed by atoms with E-state index in [1.807, 2.05) is 0 Å². The van der Waals surface area contributed by atoms with E-state index in [2.05, 4.69) is 28.9 Å². The van der Waals surface area contributed by atoms with Gasteiger partial charge < -0.3 is 0 Å². The van der Waals surface area contributed by atoms with E-state index in [-0.39, 0.29) is 0 Å². The third kappa shape index (κ3) is 4.59. The Hall–Kier alpha value is -0.370. The van der Waals surface area contributed by atoms with Gasteiger partial charge in [-0.05, 0) is 43.7 Å². The fraction of sp³-hybridized carbons (Fsp3) is 0.706. The lowest BCUT2D eigenvalue weighted by Gasteiger charge is -2.13. The van der Waals surface area contributed by atoms with Crippen LogP contribution in [0.2, 0.25) is 0 Å². The Morgan fingerprint density at radius 2 is 1.53 bits per heavy atom. The van der Waals surface area contributed by atoms with Crippen LogP contribution < -0.4 is 0 Å². The molecule has 0 amide bonds. The predicted octanol–water partition coefficient (Wildman–Crippen LogP) is 5.50. The van der Waals surface area contributed by atoms with Crippen molar-refractivity contribution in [1.29, 1.82) is 0 Å². The number of hydrogen-bond donors (Lipinski definition) is 0. The van der Waals surface area contributed by atoms with Gasteiger partial charge in [-0.25, -0.2) is 0 Å². The lowest BCUT2D eigenvalue weighted by Crippen LogP contribution is -2.03. The second-order valence-electron chi connectivity index (χ2n) is 5.80. The molecule has 19 heavy (non-hydrogen) atoms. The molecule has 2 heteroatoms. The first kappa shape index (κ1) is 15.0. The molecule has 2 bridgehead atoms. The maximum absolute atomic E-state index is 4.88. The highest BCUT2D eigenvalue weighted by atomic mass is 79.9. The molecule has 0 aromatic carbocycles. The molecular formula is C17H26BrN. The van der Waals surface area contributed by atoms with E-state index >= 15 is 0 Å². The zero-order valence-electron chi connectivity index (χ0n) is 12.2. The van der Waals surface area contributed by atoms with Gasteiger partial charge in [-0.3, -0.25) is 4.98 Å². The fourth-order valence-corrected chi connectivity index (χ4v) is 3.48. The van der Waals surface area contributed by atoms with Crippen LogP contribution >= 0.6 is 15.9 Å². The van der Waals surface area contributed by atoms with Gasteiger partial charge in [0.1, 0.15) is 0 Å². The molecule has 0 saturated heterocycles. The Kier molecular flexibility index (Phi) is 6.36. The Labute approximate surface area is 126 Å². The van der Waals surface area contributed by atoms with Gasteiger partial charge in [0.25, 0.3) is 0 Å². The summed E-state index contributed by atoms with van der Waals surface area (Å²) < 4.78 is 0. The molecule has 1 aromatic heterocycles. The van der Waals surface area contributed by atoms with Gasteiger partial charge in [-0.15, -0.1) is 0 Å². The number of halogens is 1. The van der Waals surface area contributed by atoms with Crippen LogP contribution in [0.1, 0.15) is 73.9 Å². The van der Waals surface area contributed by atoms with Crippen molar-refractivity contribution in [3.8, 4) is 0 Å². The number of aryl methyl sites for hydroxylation is 3. The van der Waals surface area contributed by atoms with Crippen LogP contribution in [0.25, 0.3) is 0 Å². The monoisotopic (exact) mass is 323 g/mol. The van der Waals surface area contributed by atoms with Crippen LogP contribution in [0.3, 0.4) is 0 Å². The summed E-state index contributed by atoms with van der Waals surface area (Å²) >= 11 is 3.63. The van der Waals surface area contributed by atoms with Crippen molar-refractivity contribution in [2.75, 3.05) is 0 Å². The molecule has 0 saturated carbocycles. The van der Waals surface area contributed by atoms with Gasteiger partial charge in [0, 0.05) is 16.7 Å². The molecule has 0 fully saturated rings. The zero-order valence-corrected chi connectivity index (χ0v) is 13.8. The second kappa shape index (κ2) is 8.04. The van der Waals surface area contributed by atoms with E-state index in [1.54, 1.807) is 0 Å². The van der Waals surface area contributed by atoms with Gasteiger partial charge >= 0.3 is 0 Å². The summed E-state index contributed by atoms with van der Waals surface area (Å²) in [5.41, 5.74) is 5.47. The highest BCUT2D eigenvalue weighted by Gasteiger charge is 2.09. The highest BCUT2D eigenvalue weighted by molar-refractivity contribution is 9.08. The van der Waals surface area contributed by atoms with Gasteiger partial charge in [0.2, 0.25) is 0 Å². The minimum Gasteiger partial charge on any atom is -0.258 e. The molecule has 0 atom stereocenters. The smallest absolute Gasteiger partial charge is 0.0447 e. The Balaban J connectivity index is 2.16. The topological polar surface area (TPSA) is 12.9 Å². The van der Waals surface area contributed by atoms with E-state index in [1.165, 1.54) is 80.3 Å². The number of alkyl halides is 1. The third-order valence-electron chi connectivity index (χ3n) is 4.24. The van der Waals surface area contributed by atoms with Crippen molar-refractivity contribution in [3.05, 3.63) is 28.6 Å². The average molecular weight is 324 g/mol. The van der Waals surface area contributed by atoms with Crippen molar-refractivity contribution in [2.24, 2.45) is 0 Å². The molecule has 3 rings (SSSR count). The van der Waals surface area contributed by atoms with Crippen molar-refractivity contribution < 1.29 is 0 Å². The summed E-state index contributed by atoms with van der Waals surface area (Å²) in [5, 5.41) is 0.947. The minimum absolute atomic E-state index is 0.947. The molecule has 0 radical (unpaired) electrons. The number of aromatic nitrogens is 1. The van der Waals surface area contributed by atoms with Crippen LogP contribution in [0, 0.1) is 6.92 Å². The molecular weight excluding hydrogens is 298 g/mol. The van der Waals surface area contributed by atoms with E-state index in [4.69, 9.17) is 4.98 Å². The zero-order chi connectivity index (χ0) is 13.5. The number of nitrogens with zero attached hydrogens (tertiary/aromatic N) is 1. The van der Waals surface area contributed by atoms with Gasteiger partial charge in [-0.2, -0.15) is 0 Å². The van der Waals surface area contributed by atoms with Crippen molar-refractivity contribution in [3.63, 3.8) is 0 Å². The predicted molar refractivity (Wildman–Crippen MR) is 85.9 cm³/mol. The van der Waals surface area contributed by atoms with Crippen LogP contribution in [0.4, 0.5) is 0 Å². The maximum Gasteiger partial charge on any atom is 0.0447 e. The van der Waals surface area contributed by atoms with E-state index in [9.17, 15) is 0 Å². The van der Waals surface area contributed by atoms with Crippen molar-refractivity contribution >= 4 is 15.9 Å². The largest absolute Gasteiger partial charge is 0.258 e. The first-order valence-corrected chi connectivity index (χ1v) is 8.97. The second-order valence-corrected chi connectivity index (χ2v) is 6.36. The molecule has 106 valence electrons. The number of rotatable bonds is 1. The van der Waals surface area contributed by atoms with Crippen LogP contribution in [-0.2, 0) is 18.2 Å². The molecule has 1 aliphatic heterocycles. The standard InChI is InChI=1S/C17H26BrN/c1-14-15-10-8-6-4-2-3-5-7-9-11-17(19-14)16(12-15)13-18/h12H,2-11,13H2,1H3. The summed E-state index contributed by atoms with van der Waals surface area (Å²) in [6.07, 6.45) is 13.4. The van der Waals surface area contributed by atoms with Gasteiger partial charge in [0.15, 0.2) is 0 Å². The molecule has 1 aliphatic carbocycles. The highest BCUT2D eigenvalue weighted by Crippen LogP contribution is 2.21. The molecule has 0 unspecified atom stereocenters. The summed E-state index contributed by atoms with van der Waals surface area (Å²) in [6, 6.07) is 2.40. The van der Waals surface area contributed by atoms with E-state index in [0.717, 1.165) is 11.8 Å². The third-order valence-corrected chi connectivity index (χ3v) is 4.84. The number of hydrogen-bond acceptors (Lipinski definition) is 1. The van der Waals surface area contributed by atoms with Crippen molar-refractivity contribution in [2.45, 2.75) is 76.5 Å². The van der Waals surface area contributed by atoms with E-state index in [0.29, 0.717) is 0 Å². The normalized spacial score (nSPS) is 18.2. The quantitative estimate of drug-likeness (QED) is 0.621. The summed E-state index contributed by atoms with van der Waals surface area (Å²) in [5.74, 6) is 0. The summed E-state index contributed by atoms with van der Waals surface area (Å²) in [6.45, 7) is 2.18. The van der Waals surface area contributed by atoms with E-state index < -0.39 is 0 Å². The van der Waals surface area contributed by atoms with Crippen LogP contribution in [0.15, 0.2) is 6.07 Å². The molecule has 2 aliphatic rings. The summed E-state index contributed by atoms with van der Waals surface area (Å²) in [4.78, 5) is 4.88. The van der Waals surface area contributed by atoms with Crippen LogP contribution in [-0.4, -0.2) is 4.98 Å². The number of fused-ring (bicyclic) bond motifs is 11. The van der Waals surface area contributed by atoms with Gasteiger partial charge in [0.05, 0.1) is 0 Å². The molecule has 1 nitrogen and oxygen atoms in total. The SMILES string of the molecule is Cc1nc2c(CBr)cc1CCCCCCCCCC2. The Morgan fingerprint density at radius 3 is 2.16 bits per heavy atom. The lowest BCUT2D eigenvalue weighted by molar-refractivity contribution is 0.562. The summed E-state index contributed by atoms with van der Waals surface area (Å²) in [7, 11) is 0. The maximum atomic E-state index is 4.88. The Bertz CT molecular complexity index is 400. The van der Waals surface area contributed by atoms with Gasteiger partial charge in [-0.1, -0.05) is 60.5 Å². The molecule has 0 spiro atoms. The van der Waals surface area contributed by atoms with Crippen molar-refractivity contribution in [1.82, 2.24) is 4.98 Å². The number of pyridine rings is 1.